The summed E-state index contributed by atoms with van der Waals surface area (Å²) in [5.74, 6) is -1.20. The number of carbonyl (C=O) groups is 1. The Morgan fingerprint density at radius 1 is 1.38 bits per heavy atom. The van der Waals surface area contributed by atoms with Crippen LogP contribution >= 0.6 is 0 Å². The van der Waals surface area contributed by atoms with E-state index in [-0.39, 0.29) is 5.82 Å². The largest absolute Gasteiger partial charge is 0.480 e. The zero-order chi connectivity index (χ0) is 15.5. The lowest BCUT2D eigenvalue weighted by Crippen LogP contribution is -2.47. The van der Waals surface area contributed by atoms with Gasteiger partial charge in [-0.25, -0.2) is 9.18 Å². The third-order valence-electron chi connectivity index (χ3n) is 4.22. The number of carboxylic acids is 1. The van der Waals surface area contributed by atoms with E-state index in [0.717, 1.165) is 31.6 Å². The Hall–Kier alpha value is -1.62. The first-order valence-electron chi connectivity index (χ1n) is 7.46. The second-order valence-corrected chi connectivity index (χ2v) is 5.82. The molecule has 1 unspecified atom stereocenters. The zero-order valence-corrected chi connectivity index (χ0v) is 12.7. The van der Waals surface area contributed by atoms with Gasteiger partial charge < -0.3 is 15.3 Å². The molecule has 0 bridgehead atoms. The number of aryl methyl sites for hydroxylation is 1. The third kappa shape index (κ3) is 3.73. The molecule has 116 valence electrons. The van der Waals surface area contributed by atoms with Gasteiger partial charge in [-0.05, 0) is 63.0 Å². The van der Waals surface area contributed by atoms with E-state index in [2.05, 4.69) is 17.1 Å². The van der Waals surface area contributed by atoms with Crippen LogP contribution in [0.4, 0.5) is 10.1 Å². The Labute approximate surface area is 125 Å². The monoisotopic (exact) mass is 294 g/mol. The topological polar surface area (TPSA) is 52.6 Å². The Kier molecular flexibility index (Phi) is 4.83. The van der Waals surface area contributed by atoms with Crippen LogP contribution < -0.4 is 5.32 Å². The van der Waals surface area contributed by atoms with Gasteiger partial charge >= 0.3 is 5.97 Å². The Bertz CT molecular complexity index is 501. The van der Waals surface area contributed by atoms with Gasteiger partial charge in [0.2, 0.25) is 0 Å². The van der Waals surface area contributed by atoms with Crippen molar-refractivity contribution in [3.8, 4) is 0 Å². The van der Waals surface area contributed by atoms with Crippen molar-refractivity contribution < 1.29 is 14.3 Å². The smallest absolute Gasteiger partial charge is 0.329 e. The van der Waals surface area contributed by atoms with Gasteiger partial charge in [-0.2, -0.15) is 0 Å². The minimum absolute atomic E-state index is 0.346. The molecule has 4 nitrogen and oxygen atoms in total. The SMILES string of the molecule is CCN1CCCC(Nc2cc(C)cc(F)c2)(C(=O)O)CC1. The third-order valence-corrected chi connectivity index (χ3v) is 4.22. The van der Waals surface area contributed by atoms with Crippen molar-refractivity contribution >= 4 is 11.7 Å². The quantitative estimate of drug-likeness (QED) is 0.896. The second-order valence-electron chi connectivity index (χ2n) is 5.82. The highest BCUT2D eigenvalue weighted by Gasteiger charge is 2.39. The van der Waals surface area contributed by atoms with Crippen LogP contribution in [0.3, 0.4) is 0 Å². The fraction of sp³-hybridized carbons (Fsp3) is 0.562. The molecule has 1 atom stereocenters. The molecule has 0 radical (unpaired) electrons. The molecule has 1 aliphatic rings. The molecule has 2 N–H and O–H groups in total. The highest BCUT2D eigenvalue weighted by Crippen LogP contribution is 2.28. The maximum absolute atomic E-state index is 13.5. The van der Waals surface area contributed by atoms with E-state index in [1.54, 1.807) is 13.0 Å². The molecular formula is C16H23FN2O2. The first-order chi connectivity index (χ1) is 9.95. The molecule has 1 aliphatic heterocycles. The number of nitrogens with one attached hydrogen (secondary N) is 1. The Morgan fingerprint density at radius 2 is 2.14 bits per heavy atom. The standard InChI is InChI=1S/C16H23FN2O2/c1-3-19-7-4-5-16(6-8-19,15(20)21)18-14-10-12(2)9-13(17)11-14/h9-11,18H,3-8H2,1-2H3,(H,20,21). The molecule has 1 aromatic carbocycles. The number of aliphatic carboxylic acids is 1. The highest BCUT2D eigenvalue weighted by molar-refractivity contribution is 5.83. The summed E-state index contributed by atoms with van der Waals surface area (Å²) in [6.45, 7) is 6.46. The number of nitrogens with zero attached hydrogens (tertiary/aromatic N) is 1. The molecule has 1 aromatic rings. The summed E-state index contributed by atoms with van der Waals surface area (Å²) in [5, 5.41) is 12.8. The van der Waals surface area contributed by atoms with Crippen molar-refractivity contribution in [2.75, 3.05) is 25.0 Å². The summed E-state index contributed by atoms with van der Waals surface area (Å²) in [4.78, 5) is 14.1. The molecule has 2 rings (SSSR count). The van der Waals surface area contributed by atoms with Gasteiger partial charge in [-0.15, -0.1) is 0 Å². The van der Waals surface area contributed by atoms with Crippen molar-refractivity contribution in [2.24, 2.45) is 0 Å². The van der Waals surface area contributed by atoms with Gasteiger partial charge in [-0.1, -0.05) is 6.92 Å². The summed E-state index contributed by atoms with van der Waals surface area (Å²) in [7, 11) is 0. The molecular weight excluding hydrogens is 271 g/mol. The fourth-order valence-electron chi connectivity index (χ4n) is 2.98. The van der Waals surface area contributed by atoms with E-state index in [9.17, 15) is 14.3 Å². The Morgan fingerprint density at radius 3 is 2.76 bits per heavy atom. The predicted molar refractivity (Wildman–Crippen MR) is 81.1 cm³/mol. The van der Waals surface area contributed by atoms with E-state index in [4.69, 9.17) is 0 Å². The number of carboxylic acid groups (broad SMARTS) is 1. The lowest BCUT2D eigenvalue weighted by atomic mass is 9.90. The molecule has 0 aliphatic carbocycles. The summed E-state index contributed by atoms with van der Waals surface area (Å²) in [5.41, 5.74) is 0.311. The summed E-state index contributed by atoms with van der Waals surface area (Å²) >= 11 is 0. The molecule has 0 spiro atoms. The van der Waals surface area contributed by atoms with Crippen molar-refractivity contribution in [1.29, 1.82) is 0 Å². The van der Waals surface area contributed by atoms with E-state index >= 15 is 0 Å². The fourth-order valence-corrected chi connectivity index (χ4v) is 2.98. The van der Waals surface area contributed by atoms with E-state index in [0.29, 0.717) is 18.5 Å². The number of halogens is 1. The Balaban J connectivity index is 2.24. The minimum atomic E-state index is -1.01. The molecule has 5 heteroatoms. The van der Waals surface area contributed by atoms with Gasteiger partial charge in [0.1, 0.15) is 11.4 Å². The maximum atomic E-state index is 13.5. The summed E-state index contributed by atoms with van der Waals surface area (Å²) < 4.78 is 13.5. The van der Waals surface area contributed by atoms with Crippen LogP contribution in [0.25, 0.3) is 0 Å². The molecule has 1 saturated heterocycles. The highest BCUT2D eigenvalue weighted by atomic mass is 19.1. The average molecular weight is 294 g/mol. The average Bonchev–Trinajstić information content (AvgIpc) is 2.60. The first kappa shape index (κ1) is 15.8. The van der Waals surface area contributed by atoms with Crippen molar-refractivity contribution in [1.82, 2.24) is 4.90 Å². The maximum Gasteiger partial charge on any atom is 0.329 e. The van der Waals surface area contributed by atoms with Crippen LogP contribution in [-0.4, -0.2) is 41.1 Å². The van der Waals surface area contributed by atoms with Crippen molar-refractivity contribution in [3.05, 3.63) is 29.6 Å². The van der Waals surface area contributed by atoms with Gasteiger partial charge in [0.15, 0.2) is 0 Å². The second kappa shape index (κ2) is 6.43. The molecule has 1 heterocycles. The van der Waals surface area contributed by atoms with Crippen LogP contribution in [0.2, 0.25) is 0 Å². The van der Waals surface area contributed by atoms with E-state index in [1.807, 2.05) is 0 Å². The normalized spacial score (nSPS) is 23.6. The van der Waals surface area contributed by atoms with Crippen molar-refractivity contribution in [2.45, 2.75) is 38.6 Å². The minimum Gasteiger partial charge on any atom is -0.480 e. The van der Waals surface area contributed by atoms with Crippen LogP contribution in [0, 0.1) is 12.7 Å². The molecule has 0 aromatic heterocycles. The number of hydrogen-bond donors (Lipinski definition) is 2. The molecule has 0 amide bonds. The number of likely N-dealkylation sites (tertiary alicyclic amines) is 1. The number of hydrogen-bond acceptors (Lipinski definition) is 3. The van der Waals surface area contributed by atoms with Crippen LogP contribution in [0.1, 0.15) is 31.7 Å². The number of rotatable bonds is 4. The molecule has 0 saturated carbocycles. The summed E-state index contributed by atoms with van der Waals surface area (Å²) in [6, 6.07) is 4.58. The molecule has 1 fully saturated rings. The lowest BCUT2D eigenvalue weighted by molar-refractivity contribution is -0.142. The first-order valence-corrected chi connectivity index (χ1v) is 7.46. The number of benzene rings is 1. The van der Waals surface area contributed by atoms with Crippen LogP contribution in [0.5, 0.6) is 0 Å². The van der Waals surface area contributed by atoms with Crippen LogP contribution in [-0.2, 0) is 4.79 Å². The van der Waals surface area contributed by atoms with Gasteiger partial charge in [-0.3, -0.25) is 0 Å². The van der Waals surface area contributed by atoms with E-state index in [1.165, 1.54) is 12.1 Å². The van der Waals surface area contributed by atoms with E-state index < -0.39 is 11.5 Å². The summed E-state index contributed by atoms with van der Waals surface area (Å²) in [6.07, 6.45) is 1.89. The predicted octanol–water partition coefficient (Wildman–Crippen LogP) is 2.88. The van der Waals surface area contributed by atoms with Gasteiger partial charge in [0.05, 0.1) is 0 Å². The van der Waals surface area contributed by atoms with Crippen LogP contribution in [0.15, 0.2) is 18.2 Å². The zero-order valence-electron chi connectivity index (χ0n) is 12.7. The molecule has 21 heavy (non-hydrogen) atoms. The van der Waals surface area contributed by atoms with Gasteiger partial charge in [0.25, 0.3) is 0 Å². The van der Waals surface area contributed by atoms with Crippen molar-refractivity contribution in [3.63, 3.8) is 0 Å². The van der Waals surface area contributed by atoms with Gasteiger partial charge in [0, 0.05) is 12.2 Å². The number of anilines is 1. The lowest BCUT2D eigenvalue weighted by Gasteiger charge is -2.30.